The van der Waals surface area contributed by atoms with E-state index in [0.717, 1.165) is 17.0 Å². The first-order valence-corrected chi connectivity index (χ1v) is 6.08. The molecule has 1 aliphatic heterocycles. The molecule has 0 spiro atoms. The number of hydrogen-bond acceptors (Lipinski definition) is 3. The highest BCUT2D eigenvalue weighted by Crippen LogP contribution is 2.30. The van der Waals surface area contributed by atoms with E-state index in [0.29, 0.717) is 26.0 Å². The number of rotatable bonds is 5. The topological polar surface area (TPSA) is 55.6 Å². The van der Waals surface area contributed by atoms with Crippen LogP contribution in [0.25, 0.3) is 0 Å². The Morgan fingerprint density at radius 1 is 1.39 bits per heavy atom. The predicted octanol–water partition coefficient (Wildman–Crippen LogP) is 1.27. The normalized spacial score (nSPS) is 14.6. The Morgan fingerprint density at radius 2 is 2.22 bits per heavy atom. The number of amides is 1. The van der Waals surface area contributed by atoms with E-state index in [1.807, 2.05) is 12.1 Å². The Balaban J connectivity index is 2.22. The Bertz CT molecular complexity index is 437. The molecule has 2 N–H and O–H groups in total. The van der Waals surface area contributed by atoms with E-state index >= 15 is 0 Å². The minimum absolute atomic E-state index is 0.0178. The van der Waals surface area contributed by atoms with Crippen LogP contribution in [0.4, 0.5) is 10.1 Å². The molecule has 0 bridgehead atoms. The van der Waals surface area contributed by atoms with Crippen molar-refractivity contribution in [1.29, 1.82) is 0 Å². The maximum absolute atomic E-state index is 12.5. The first-order valence-electron chi connectivity index (χ1n) is 6.08. The van der Waals surface area contributed by atoms with Gasteiger partial charge in [-0.3, -0.25) is 4.79 Å². The highest BCUT2D eigenvalue weighted by atomic mass is 19.1. The van der Waals surface area contributed by atoms with Crippen molar-refractivity contribution in [2.24, 2.45) is 5.73 Å². The molecule has 1 aliphatic rings. The first kappa shape index (κ1) is 12.8. The zero-order chi connectivity index (χ0) is 13.0. The van der Waals surface area contributed by atoms with Crippen molar-refractivity contribution in [3.63, 3.8) is 0 Å². The summed E-state index contributed by atoms with van der Waals surface area (Å²) in [6.45, 7) is 0.515. The van der Waals surface area contributed by atoms with Crippen LogP contribution in [0.5, 0.6) is 5.75 Å². The minimum atomic E-state index is -0.531. The third kappa shape index (κ3) is 2.61. The van der Waals surface area contributed by atoms with E-state index in [1.54, 1.807) is 6.07 Å². The smallest absolute Gasteiger partial charge is 0.227 e. The molecule has 0 fully saturated rings. The molecule has 2 rings (SSSR count). The Morgan fingerprint density at radius 3 is 2.94 bits per heavy atom. The zero-order valence-electron chi connectivity index (χ0n) is 10.2. The SMILES string of the molecule is NCCOc1ccc2c(c1)CCC(=O)N2CCF. The lowest BCUT2D eigenvalue weighted by Crippen LogP contribution is -2.36. The van der Waals surface area contributed by atoms with Crippen LogP contribution in [-0.2, 0) is 11.2 Å². The molecule has 0 unspecified atom stereocenters. The van der Waals surface area contributed by atoms with Crippen molar-refractivity contribution in [2.75, 3.05) is 31.3 Å². The van der Waals surface area contributed by atoms with E-state index < -0.39 is 6.67 Å². The van der Waals surface area contributed by atoms with Gasteiger partial charge in [0.1, 0.15) is 19.0 Å². The summed E-state index contributed by atoms with van der Waals surface area (Å²) in [5.41, 5.74) is 7.20. The summed E-state index contributed by atoms with van der Waals surface area (Å²) < 4.78 is 17.9. The Kier molecular flexibility index (Phi) is 4.15. The highest BCUT2D eigenvalue weighted by molar-refractivity contribution is 5.96. The molecule has 0 atom stereocenters. The van der Waals surface area contributed by atoms with Crippen molar-refractivity contribution in [1.82, 2.24) is 0 Å². The number of aryl methyl sites for hydroxylation is 1. The highest BCUT2D eigenvalue weighted by Gasteiger charge is 2.23. The Hall–Kier alpha value is -1.62. The van der Waals surface area contributed by atoms with Crippen LogP contribution in [0.1, 0.15) is 12.0 Å². The molecule has 1 aromatic rings. The predicted molar refractivity (Wildman–Crippen MR) is 67.6 cm³/mol. The third-order valence-corrected chi connectivity index (χ3v) is 2.95. The standard InChI is InChI=1S/C13H17FN2O2/c14-5-7-16-12-3-2-11(18-8-6-15)9-10(12)1-4-13(16)17/h2-3,9H,1,4-8,15H2. The van der Waals surface area contributed by atoms with Gasteiger partial charge in [-0.2, -0.15) is 0 Å². The molecule has 0 saturated heterocycles. The number of halogens is 1. The molecular formula is C13H17FN2O2. The molecule has 4 nitrogen and oxygen atoms in total. The van der Waals surface area contributed by atoms with E-state index in [-0.39, 0.29) is 12.5 Å². The summed E-state index contributed by atoms with van der Waals surface area (Å²) in [6.07, 6.45) is 1.10. The molecule has 1 aromatic carbocycles. The van der Waals surface area contributed by atoms with Crippen molar-refractivity contribution in [3.8, 4) is 5.75 Å². The number of alkyl halides is 1. The van der Waals surface area contributed by atoms with Crippen molar-refractivity contribution in [3.05, 3.63) is 23.8 Å². The molecule has 0 aliphatic carbocycles. The lowest BCUT2D eigenvalue weighted by molar-refractivity contribution is -0.118. The third-order valence-electron chi connectivity index (χ3n) is 2.95. The molecule has 1 heterocycles. The maximum atomic E-state index is 12.5. The lowest BCUT2D eigenvalue weighted by atomic mass is 10.0. The molecular weight excluding hydrogens is 235 g/mol. The van der Waals surface area contributed by atoms with Crippen molar-refractivity contribution >= 4 is 11.6 Å². The maximum Gasteiger partial charge on any atom is 0.227 e. The number of nitrogens with zero attached hydrogens (tertiary/aromatic N) is 1. The minimum Gasteiger partial charge on any atom is -0.492 e. The second kappa shape index (κ2) is 5.82. The summed E-state index contributed by atoms with van der Waals surface area (Å²) in [5.74, 6) is 0.726. The van der Waals surface area contributed by atoms with Crippen LogP contribution < -0.4 is 15.4 Å². The molecule has 1 amide bonds. The fourth-order valence-electron chi connectivity index (χ4n) is 2.13. The van der Waals surface area contributed by atoms with Crippen molar-refractivity contribution in [2.45, 2.75) is 12.8 Å². The van der Waals surface area contributed by atoms with Crippen molar-refractivity contribution < 1.29 is 13.9 Å². The van der Waals surface area contributed by atoms with E-state index in [1.165, 1.54) is 4.90 Å². The molecule has 5 heteroatoms. The number of anilines is 1. The second-order valence-electron chi connectivity index (χ2n) is 4.16. The quantitative estimate of drug-likeness (QED) is 0.858. The van der Waals surface area contributed by atoms with Gasteiger partial charge in [-0.1, -0.05) is 0 Å². The molecule has 18 heavy (non-hydrogen) atoms. The van der Waals surface area contributed by atoms with Gasteiger partial charge < -0.3 is 15.4 Å². The van der Waals surface area contributed by atoms with Gasteiger partial charge in [-0.05, 0) is 30.2 Å². The van der Waals surface area contributed by atoms with E-state index in [4.69, 9.17) is 10.5 Å². The lowest BCUT2D eigenvalue weighted by Gasteiger charge is -2.28. The van der Waals surface area contributed by atoms with Gasteiger partial charge in [-0.25, -0.2) is 4.39 Å². The average Bonchev–Trinajstić information content (AvgIpc) is 2.39. The van der Waals surface area contributed by atoms with Gasteiger partial charge in [0.2, 0.25) is 5.91 Å². The summed E-state index contributed by atoms with van der Waals surface area (Å²) in [7, 11) is 0. The first-order chi connectivity index (χ1) is 8.76. The summed E-state index contributed by atoms with van der Waals surface area (Å²) in [4.78, 5) is 13.2. The van der Waals surface area contributed by atoms with E-state index in [9.17, 15) is 9.18 Å². The van der Waals surface area contributed by atoms with Crippen LogP contribution in [-0.4, -0.2) is 32.3 Å². The number of nitrogens with two attached hydrogens (primary N) is 1. The summed E-state index contributed by atoms with van der Waals surface area (Å²) in [6, 6.07) is 5.51. The van der Waals surface area contributed by atoms with Gasteiger partial charge >= 0.3 is 0 Å². The Labute approximate surface area is 106 Å². The fourth-order valence-corrected chi connectivity index (χ4v) is 2.13. The fraction of sp³-hybridized carbons (Fsp3) is 0.462. The zero-order valence-corrected chi connectivity index (χ0v) is 10.2. The monoisotopic (exact) mass is 252 g/mol. The molecule has 0 aromatic heterocycles. The number of benzene rings is 1. The number of hydrogen-bond donors (Lipinski definition) is 1. The van der Waals surface area contributed by atoms with Gasteiger partial charge in [0, 0.05) is 18.7 Å². The van der Waals surface area contributed by atoms with Crippen LogP contribution in [0, 0.1) is 0 Å². The number of fused-ring (bicyclic) bond motifs is 1. The molecule has 98 valence electrons. The van der Waals surface area contributed by atoms with E-state index in [2.05, 4.69) is 0 Å². The summed E-state index contributed by atoms with van der Waals surface area (Å²) in [5, 5.41) is 0. The van der Waals surface area contributed by atoms with Gasteiger partial charge in [-0.15, -0.1) is 0 Å². The molecule has 0 radical (unpaired) electrons. The summed E-state index contributed by atoms with van der Waals surface area (Å²) >= 11 is 0. The van der Waals surface area contributed by atoms with Gasteiger partial charge in [0.05, 0.1) is 6.54 Å². The second-order valence-corrected chi connectivity index (χ2v) is 4.16. The number of carbonyl (C=O) groups is 1. The van der Waals surface area contributed by atoms with Crippen LogP contribution in [0.2, 0.25) is 0 Å². The largest absolute Gasteiger partial charge is 0.492 e. The van der Waals surface area contributed by atoms with Crippen LogP contribution >= 0.6 is 0 Å². The number of ether oxygens (including phenoxy) is 1. The number of carbonyl (C=O) groups excluding carboxylic acids is 1. The van der Waals surface area contributed by atoms with Crippen LogP contribution in [0.15, 0.2) is 18.2 Å². The molecule has 0 saturated carbocycles. The average molecular weight is 252 g/mol. The van der Waals surface area contributed by atoms with Crippen LogP contribution in [0.3, 0.4) is 0 Å². The van der Waals surface area contributed by atoms with Gasteiger partial charge in [0.25, 0.3) is 0 Å². The van der Waals surface area contributed by atoms with Gasteiger partial charge in [0.15, 0.2) is 0 Å².